The van der Waals surface area contributed by atoms with Gasteiger partial charge in [0.2, 0.25) is 0 Å². The van der Waals surface area contributed by atoms with Crippen LogP contribution in [0.1, 0.15) is 25.0 Å². The lowest BCUT2D eigenvalue weighted by molar-refractivity contribution is 0.105. The number of likely N-dealkylation sites (N-methyl/N-ethyl adjacent to an activating group) is 1. The van der Waals surface area contributed by atoms with Crippen molar-refractivity contribution in [1.82, 2.24) is 9.80 Å². The Hall–Kier alpha value is -1.17. The van der Waals surface area contributed by atoms with E-state index in [0.717, 1.165) is 39.3 Å². The van der Waals surface area contributed by atoms with Gasteiger partial charge in [0.1, 0.15) is 5.82 Å². The Morgan fingerprint density at radius 3 is 2.50 bits per heavy atom. The summed E-state index contributed by atoms with van der Waals surface area (Å²) in [6, 6.07) is 4.44. The first-order valence-corrected chi connectivity index (χ1v) is 7.28. The van der Waals surface area contributed by atoms with Crippen molar-refractivity contribution in [2.45, 2.75) is 19.4 Å². The number of benzene rings is 1. The van der Waals surface area contributed by atoms with Gasteiger partial charge in [-0.25, -0.2) is 4.39 Å². The quantitative estimate of drug-likeness (QED) is 0.803. The Morgan fingerprint density at radius 2 is 1.90 bits per heavy atom. The zero-order chi connectivity index (χ0) is 14.5. The minimum Gasteiger partial charge on any atom is -0.396 e. The Balaban J connectivity index is 1.80. The van der Waals surface area contributed by atoms with Gasteiger partial charge in [-0.05, 0) is 30.7 Å². The molecule has 4 nitrogen and oxygen atoms in total. The van der Waals surface area contributed by atoms with E-state index in [4.69, 9.17) is 5.73 Å². The Labute approximate surface area is 120 Å². The summed E-state index contributed by atoms with van der Waals surface area (Å²) in [5.41, 5.74) is 6.31. The fourth-order valence-corrected chi connectivity index (χ4v) is 2.57. The maximum atomic E-state index is 13.1. The van der Waals surface area contributed by atoms with Crippen LogP contribution >= 0.6 is 0 Å². The van der Waals surface area contributed by atoms with E-state index in [1.807, 2.05) is 0 Å². The van der Waals surface area contributed by atoms with Gasteiger partial charge in [0.25, 0.3) is 0 Å². The monoisotopic (exact) mass is 281 g/mol. The number of aliphatic hydroxyl groups excluding tert-OH is 1. The van der Waals surface area contributed by atoms with Crippen LogP contribution in [0.4, 0.5) is 10.1 Å². The summed E-state index contributed by atoms with van der Waals surface area (Å²) in [4.78, 5) is 4.79. The largest absolute Gasteiger partial charge is 0.396 e. The molecule has 20 heavy (non-hydrogen) atoms. The van der Waals surface area contributed by atoms with E-state index in [1.165, 1.54) is 12.1 Å². The molecular formula is C15H24FN3O. The van der Waals surface area contributed by atoms with Gasteiger partial charge >= 0.3 is 0 Å². The van der Waals surface area contributed by atoms with Crippen LogP contribution in [0.25, 0.3) is 0 Å². The van der Waals surface area contributed by atoms with E-state index < -0.39 is 11.9 Å². The van der Waals surface area contributed by atoms with Gasteiger partial charge < -0.3 is 20.6 Å². The topological polar surface area (TPSA) is 52.7 Å². The first-order valence-electron chi connectivity index (χ1n) is 7.28. The maximum Gasteiger partial charge on any atom is 0.146 e. The standard InChI is InChI=1S/C15H24FN3O/c1-2-18-7-9-19(10-8-18)6-5-15(20)12-3-4-13(16)14(17)11-12/h3-4,11,15,20H,2,5-10,17H2,1H3. The summed E-state index contributed by atoms with van der Waals surface area (Å²) < 4.78 is 13.1. The normalized spacial score (nSPS) is 19.1. The summed E-state index contributed by atoms with van der Waals surface area (Å²) in [6.07, 6.45) is 0.0686. The van der Waals surface area contributed by atoms with E-state index in [9.17, 15) is 9.50 Å². The van der Waals surface area contributed by atoms with Crippen molar-refractivity contribution >= 4 is 5.69 Å². The molecule has 2 rings (SSSR count). The highest BCUT2D eigenvalue weighted by molar-refractivity contribution is 5.43. The van der Waals surface area contributed by atoms with Crippen molar-refractivity contribution in [1.29, 1.82) is 0 Å². The molecule has 112 valence electrons. The molecule has 1 fully saturated rings. The summed E-state index contributed by atoms with van der Waals surface area (Å²) >= 11 is 0. The molecule has 0 radical (unpaired) electrons. The van der Waals surface area contributed by atoms with Crippen LogP contribution in [0, 0.1) is 5.82 Å². The van der Waals surface area contributed by atoms with Gasteiger partial charge in [0.15, 0.2) is 0 Å². The fourth-order valence-electron chi connectivity index (χ4n) is 2.57. The molecule has 5 heteroatoms. The number of hydrogen-bond donors (Lipinski definition) is 2. The molecule has 0 aromatic heterocycles. The number of piperazine rings is 1. The number of nitrogens with two attached hydrogens (primary N) is 1. The molecule has 1 saturated heterocycles. The van der Waals surface area contributed by atoms with Crippen LogP contribution in [-0.2, 0) is 0 Å². The van der Waals surface area contributed by atoms with Crippen molar-refractivity contribution in [3.8, 4) is 0 Å². The molecule has 1 aliphatic heterocycles. The summed E-state index contributed by atoms with van der Waals surface area (Å²) in [5, 5.41) is 10.1. The fraction of sp³-hybridized carbons (Fsp3) is 0.600. The molecular weight excluding hydrogens is 257 g/mol. The van der Waals surface area contributed by atoms with E-state index in [2.05, 4.69) is 16.7 Å². The summed E-state index contributed by atoms with van der Waals surface area (Å²) in [7, 11) is 0. The lowest BCUT2D eigenvalue weighted by atomic mass is 10.1. The Bertz CT molecular complexity index is 433. The summed E-state index contributed by atoms with van der Waals surface area (Å²) in [6.45, 7) is 8.42. The molecule has 0 aliphatic carbocycles. The van der Waals surface area contributed by atoms with E-state index >= 15 is 0 Å². The van der Waals surface area contributed by atoms with Crippen molar-refractivity contribution in [3.05, 3.63) is 29.6 Å². The number of nitrogen functional groups attached to an aromatic ring is 1. The second-order valence-corrected chi connectivity index (χ2v) is 5.36. The highest BCUT2D eigenvalue weighted by atomic mass is 19.1. The van der Waals surface area contributed by atoms with Crippen molar-refractivity contribution in [2.75, 3.05) is 45.0 Å². The number of anilines is 1. The van der Waals surface area contributed by atoms with Crippen LogP contribution in [0.3, 0.4) is 0 Å². The third-order valence-corrected chi connectivity index (χ3v) is 4.04. The number of rotatable bonds is 5. The van der Waals surface area contributed by atoms with Gasteiger partial charge in [-0.2, -0.15) is 0 Å². The number of nitrogens with zero attached hydrogens (tertiary/aromatic N) is 2. The lowest BCUT2D eigenvalue weighted by Gasteiger charge is -2.34. The molecule has 0 saturated carbocycles. The molecule has 1 aromatic rings. The van der Waals surface area contributed by atoms with Gasteiger partial charge in [-0.3, -0.25) is 0 Å². The van der Waals surface area contributed by atoms with Crippen LogP contribution in [0.5, 0.6) is 0 Å². The number of aliphatic hydroxyl groups is 1. The first-order chi connectivity index (χ1) is 9.60. The second kappa shape index (κ2) is 7.02. The lowest BCUT2D eigenvalue weighted by Crippen LogP contribution is -2.46. The minimum absolute atomic E-state index is 0.0955. The van der Waals surface area contributed by atoms with Crippen LogP contribution in [-0.4, -0.2) is 54.2 Å². The first kappa shape index (κ1) is 15.2. The number of halogens is 1. The molecule has 3 N–H and O–H groups in total. The van der Waals surface area contributed by atoms with Gasteiger partial charge in [-0.1, -0.05) is 13.0 Å². The van der Waals surface area contributed by atoms with Gasteiger partial charge in [0, 0.05) is 32.7 Å². The van der Waals surface area contributed by atoms with Crippen molar-refractivity contribution in [3.63, 3.8) is 0 Å². The Morgan fingerprint density at radius 1 is 1.25 bits per heavy atom. The van der Waals surface area contributed by atoms with Crippen LogP contribution < -0.4 is 5.73 Å². The van der Waals surface area contributed by atoms with E-state index in [0.29, 0.717) is 12.0 Å². The van der Waals surface area contributed by atoms with Crippen LogP contribution in [0.2, 0.25) is 0 Å². The van der Waals surface area contributed by atoms with Gasteiger partial charge in [-0.15, -0.1) is 0 Å². The predicted octanol–water partition coefficient (Wildman–Crippen LogP) is 1.47. The maximum absolute atomic E-state index is 13.1. The average molecular weight is 281 g/mol. The molecule has 0 amide bonds. The van der Waals surface area contributed by atoms with Crippen molar-refractivity contribution in [2.24, 2.45) is 0 Å². The van der Waals surface area contributed by atoms with Crippen molar-refractivity contribution < 1.29 is 9.50 Å². The molecule has 0 spiro atoms. The van der Waals surface area contributed by atoms with Crippen LogP contribution in [0.15, 0.2) is 18.2 Å². The SMILES string of the molecule is CCN1CCN(CCC(O)c2ccc(F)c(N)c2)CC1. The molecule has 1 aromatic carbocycles. The zero-order valence-electron chi connectivity index (χ0n) is 12.1. The third-order valence-electron chi connectivity index (χ3n) is 4.04. The van der Waals surface area contributed by atoms with E-state index in [1.54, 1.807) is 6.07 Å². The molecule has 0 bridgehead atoms. The molecule has 1 aliphatic rings. The highest BCUT2D eigenvalue weighted by Crippen LogP contribution is 2.21. The second-order valence-electron chi connectivity index (χ2n) is 5.36. The Kier molecular flexibility index (Phi) is 5.34. The molecule has 1 atom stereocenters. The van der Waals surface area contributed by atoms with E-state index in [-0.39, 0.29) is 5.69 Å². The highest BCUT2D eigenvalue weighted by Gasteiger charge is 2.17. The molecule has 1 unspecified atom stereocenters. The number of hydrogen-bond acceptors (Lipinski definition) is 4. The minimum atomic E-state index is -0.581. The predicted molar refractivity (Wildman–Crippen MR) is 78.9 cm³/mol. The average Bonchev–Trinajstić information content (AvgIpc) is 2.48. The molecule has 1 heterocycles. The zero-order valence-corrected chi connectivity index (χ0v) is 12.1. The smallest absolute Gasteiger partial charge is 0.146 e. The van der Waals surface area contributed by atoms with Gasteiger partial charge in [0.05, 0.1) is 11.8 Å². The summed E-state index contributed by atoms with van der Waals surface area (Å²) in [5.74, 6) is -0.434. The third kappa shape index (κ3) is 3.91.